The molecule has 1 aromatic carbocycles. The molecule has 0 aliphatic heterocycles. The number of rotatable bonds is 4. The van der Waals surface area contributed by atoms with E-state index in [0.717, 1.165) is 0 Å². The Morgan fingerprint density at radius 1 is 1.45 bits per heavy atom. The number of nitrogens with one attached hydrogen (secondary N) is 1. The smallest absolute Gasteiger partial charge is 0.243 e. The van der Waals surface area contributed by atoms with Gasteiger partial charge in [0.1, 0.15) is 0 Å². The van der Waals surface area contributed by atoms with Crippen molar-refractivity contribution in [3.8, 4) is 0 Å². The average molecular weight is 318 g/mol. The van der Waals surface area contributed by atoms with Crippen molar-refractivity contribution in [2.24, 2.45) is 5.73 Å². The van der Waals surface area contributed by atoms with Crippen molar-refractivity contribution in [2.75, 3.05) is 18.9 Å². The van der Waals surface area contributed by atoms with Crippen LogP contribution in [0.3, 0.4) is 0 Å². The number of halogens is 2. The van der Waals surface area contributed by atoms with Crippen LogP contribution in [0.1, 0.15) is 12.8 Å². The van der Waals surface area contributed by atoms with Gasteiger partial charge in [0.25, 0.3) is 0 Å². The second-order valence-corrected chi connectivity index (χ2v) is 5.31. The van der Waals surface area contributed by atoms with Crippen LogP contribution < -0.4 is 11.1 Å². The molecule has 0 radical (unpaired) electrons. The predicted molar refractivity (Wildman–Crippen MR) is 81.1 cm³/mol. The van der Waals surface area contributed by atoms with Gasteiger partial charge < -0.3 is 16.0 Å². The second-order valence-electron chi connectivity index (χ2n) is 4.88. The predicted octanol–water partition coefficient (Wildman–Crippen LogP) is 1.65. The van der Waals surface area contributed by atoms with E-state index in [9.17, 15) is 9.59 Å². The van der Waals surface area contributed by atoms with Crippen LogP contribution in [0.2, 0.25) is 5.02 Å². The first-order valence-corrected chi connectivity index (χ1v) is 6.38. The van der Waals surface area contributed by atoms with Crippen LogP contribution in [0.25, 0.3) is 0 Å². The molecule has 1 aliphatic carbocycles. The van der Waals surface area contributed by atoms with E-state index in [1.165, 1.54) is 4.90 Å². The Morgan fingerprint density at radius 3 is 2.65 bits per heavy atom. The molecule has 5 nitrogen and oxygen atoms in total. The molecule has 0 bridgehead atoms. The molecule has 1 saturated carbocycles. The fraction of sp³-hybridized carbons (Fsp3) is 0.385. The van der Waals surface area contributed by atoms with Gasteiger partial charge >= 0.3 is 0 Å². The molecule has 1 fully saturated rings. The summed E-state index contributed by atoms with van der Waals surface area (Å²) in [6, 6.07) is 6.84. The highest BCUT2D eigenvalue weighted by atomic mass is 35.5. The quantitative estimate of drug-likeness (QED) is 0.886. The van der Waals surface area contributed by atoms with E-state index in [4.69, 9.17) is 17.3 Å². The lowest BCUT2D eigenvalue weighted by Crippen LogP contribution is -2.46. The normalized spacial score (nSPS) is 14.9. The number of carbonyl (C=O) groups is 2. The Labute approximate surface area is 128 Å². The average Bonchev–Trinajstić information content (AvgIpc) is 3.07. The lowest BCUT2D eigenvalue weighted by atomic mass is 10.2. The van der Waals surface area contributed by atoms with Crippen LogP contribution in [0.5, 0.6) is 0 Å². The Balaban J connectivity index is 0.00000200. The Morgan fingerprint density at radius 2 is 2.10 bits per heavy atom. The first-order chi connectivity index (χ1) is 8.90. The summed E-state index contributed by atoms with van der Waals surface area (Å²) in [5.74, 6) is -0.462. The summed E-state index contributed by atoms with van der Waals surface area (Å²) in [6.07, 6.45) is 1.37. The molecule has 2 amide bonds. The molecule has 2 rings (SSSR count). The van der Waals surface area contributed by atoms with Crippen molar-refractivity contribution < 1.29 is 9.59 Å². The summed E-state index contributed by atoms with van der Waals surface area (Å²) in [5.41, 5.74) is 5.66. The van der Waals surface area contributed by atoms with Crippen molar-refractivity contribution in [1.82, 2.24) is 4.90 Å². The fourth-order valence-electron chi connectivity index (χ4n) is 1.78. The molecule has 20 heavy (non-hydrogen) atoms. The topological polar surface area (TPSA) is 75.4 Å². The van der Waals surface area contributed by atoms with Crippen LogP contribution in [0.4, 0.5) is 5.69 Å². The van der Waals surface area contributed by atoms with Gasteiger partial charge in [0.05, 0.1) is 12.1 Å². The first kappa shape index (κ1) is 16.8. The van der Waals surface area contributed by atoms with Gasteiger partial charge in [-0.2, -0.15) is 0 Å². The molecular weight excluding hydrogens is 301 g/mol. The number of anilines is 1. The third-order valence-electron chi connectivity index (χ3n) is 3.05. The van der Waals surface area contributed by atoms with Gasteiger partial charge in [-0.3, -0.25) is 9.59 Å². The van der Waals surface area contributed by atoms with Gasteiger partial charge in [0.15, 0.2) is 0 Å². The number of amides is 2. The van der Waals surface area contributed by atoms with Gasteiger partial charge in [-0.15, -0.1) is 12.4 Å². The largest absolute Gasteiger partial charge is 0.335 e. The lowest BCUT2D eigenvalue weighted by Gasteiger charge is -2.20. The highest BCUT2D eigenvalue weighted by molar-refractivity contribution is 6.30. The summed E-state index contributed by atoms with van der Waals surface area (Å²) >= 11 is 5.82. The summed E-state index contributed by atoms with van der Waals surface area (Å²) in [7, 11) is 1.58. The summed E-state index contributed by atoms with van der Waals surface area (Å²) in [4.78, 5) is 25.0. The minimum absolute atomic E-state index is 0. The molecule has 0 heterocycles. The molecule has 0 saturated heterocycles. The van der Waals surface area contributed by atoms with E-state index in [2.05, 4.69) is 5.32 Å². The maximum atomic E-state index is 11.9. The Kier molecular flexibility index (Phi) is 5.39. The third kappa shape index (κ3) is 4.10. The monoisotopic (exact) mass is 317 g/mol. The molecular formula is C13H17Cl2N3O2. The van der Waals surface area contributed by atoms with E-state index in [-0.39, 0.29) is 30.8 Å². The lowest BCUT2D eigenvalue weighted by molar-refractivity contribution is -0.135. The van der Waals surface area contributed by atoms with E-state index >= 15 is 0 Å². The number of benzene rings is 1. The zero-order valence-corrected chi connectivity index (χ0v) is 12.6. The molecule has 3 N–H and O–H groups in total. The van der Waals surface area contributed by atoms with Crippen molar-refractivity contribution in [1.29, 1.82) is 0 Å². The molecule has 0 unspecified atom stereocenters. The third-order valence-corrected chi connectivity index (χ3v) is 3.29. The zero-order chi connectivity index (χ0) is 14.0. The van der Waals surface area contributed by atoms with Gasteiger partial charge in [0.2, 0.25) is 11.8 Å². The highest BCUT2D eigenvalue weighted by Crippen LogP contribution is 2.33. The number of hydrogen-bond acceptors (Lipinski definition) is 3. The standard InChI is InChI=1S/C13H16ClN3O2.ClH/c1-17(12(19)13(15)5-6-13)8-11(18)16-10-4-2-3-9(14)7-10;/h2-4,7H,5-6,8,15H2,1H3,(H,16,18);1H. The number of likely N-dealkylation sites (N-methyl/N-ethyl adjacent to an activating group) is 1. The van der Waals surface area contributed by atoms with Crippen molar-refractivity contribution in [3.05, 3.63) is 29.3 Å². The van der Waals surface area contributed by atoms with Gasteiger partial charge in [0, 0.05) is 17.8 Å². The maximum Gasteiger partial charge on any atom is 0.243 e. The zero-order valence-electron chi connectivity index (χ0n) is 11.1. The second kappa shape index (κ2) is 6.43. The number of nitrogens with zero attached hydrogens (tertiary/aromatic N) is 1. The molecule has 110 valence electrons. The van der Waals surface area contributed by atoms with Crippen LogP contribution in [-0.2, 0) is 9.59 Å². The van der Waals surface area contributed by atoms with Gasteiger partial charge in [-0.05, 0) is 31.0 Å². The van der Waals surface area contributed by atoms with E-state index in [0.29, 0.717) is 23.6 Å². The van der Waals surface area contributed by atoms with Crippen LogP contribution in [-0.4, -0.2) is 35.8 Å². The van der Waals surface area contributed by atoms with Crippen LogP contribution in [0.15, 0.2) is 24.3 Å². The van der Waals surface area contributed by atoms with Crippen molar-refractivity contribution >= 4 is 41.5 Å². The number of nitrogens with two attached hydrogens (primary N) is 1. The maximum absolute atomic E-state index is 11.9. The molecule has 1 aromatic rings. The number of hydrogen-bond donors (Lipinski definition) is 2. The van der Waals surface area contributed by atoms with E-state index < -0.39 is 5.54 Å². The summed E-state index contributed by atoms with van der Waals surface area (Å²) in [5, 5.41) is 3.22. The molecule has 0 atom stereocenters. The minimum Gasteiger partial charge on any atom is -0.335 e. The summed E-state index contributed by atoms with van der Waals surface area (Å²) < 4.78 is 0. The molecule has 7 heteroatoms. The minimum atomic E-state index is -0.745. The van der Waals surface area contributed by atoms with Gasteiger partial charge in [-0.1, -0.05) is 17.7 Å². The van der Waals surface area contributed by atoms with Crippen molar-refractivity contribution in [3.63, 3.8) is 0 Å². The number of carbonyl (C=O) groups excluding carboxylic acids is 2. The Bertz CT molecular complexity index is 518. The van der Waals surface area contributed by atoms with Crippen molar-refractivity contribution in [2.45, 2.75) is 18.4 Å². The highest BCUT2D eigenvalue weighted by Gasteiger charge is 2.47. The summed E-state index contributed by atoms with van der Waals surface area (Å²) in [6.45, 7) is -0.0235. The fourth-order valence-corrected chi connectivity index (χ4v) is 1.97. The molecule has 1 aliphatic rings. The van der Waals surface area contributed by atoms with Crippen LogP contribution in [0, 0.1) is 0 Å². The van der Waals surface area contributed by atoms with E-state index in [1.807, 2.05) is 0 Å². The molecule has 0 aromatic heterocycles. The first-order valence-electron chi connectivity index (χ1n) is 6.00. The van der Waals surface area contributed by atoms with E-state index in [1.54, 1.807) is 31.3 Å². The molecule has 0 spiro atoms. The van der Waals surface area contributed by atoms with Crippen LogP contribution >= 0.6 is 24.0 Å². The SMILES string of the molecule is CN(CC(=O)Nc1cccc(Cl)c1)C(=O)C1(N)CC1.Cl. The van der Waals surface area contributed by atoms with Gasteiger partial charge in [-0.25, -0.2) is 0 Å². The Hall–Kier alpha value is -1.30.